The van der Waals surface area contributed by atoms with E-state index in [1.54, 1.807) is 0 Å². The van der Waals surface area contributed by atoms with Crippen LogP contribution in [-0.2, 0) is 0 Å². The minimum Gasteiger partial charge on any atom is -0.366 e. The number of anilines is 1. The standard InChI is InChI=1S/C11H15BrN2.2ClH/c1-9-8-13-6-7-14(9)11-4-2-10(12)3-5-11;;/h2-5,9,13H,6-8H2,1H3;2*1H/t9-;;/m1../s1. The lowest BCUT2D eigenvalue weighted by Gasteiger charge is -2.35. The van der Waals surface area contributed by atoms with Gasteiger partial charge in [0.2, 0.25) is 0 Å². The summed E-state index contributed by atoms with van der Waals surface area (Å²) in [4.78, 5) is 2.45. The first-order chi connectivity index (χ1) is 6.77. The van der Waals surface area contributed by atoms with Crippen LogP contribution in [0.3, 0.4) is 0 Å². The summed E-state index contributed by atoms with van der Waals surface area (Å²) in [6.07, 6.45) is 0. The maximum atomic E-state index is 3.45. The molecular formula is C11H17BrCl2N2. The quantitative estimate of drug-likeness (QED) is 0.852. The molecule has 0 amide bonds. The first kappa shape index (κ1) is 16.0. The molecule has 2 nitrogen and oxygen atoms in total. The molecule has 1 aromatic carbocycles. The molecule has 1 aromatic rings. The predicted octanol–water partition coefficient (Wildman–Crippen LogP) is 3.09. The third-order valence-electron chi connectivity index (χ3n) is 2.66. The summed E-state index contributed by atoms with van der Waals surface area (Å²) in [6.45, 7) is 5.52. The number of nitrogens with one attached hydrogen (secondary N) is 1. The van der Waals surface area contributed by atoms with Crippen LogP contribution in [0.25, 0.3) is 0 Å². The van der Waals surface area contributed by atoms with Crippen molar-refractivity contribution in [2.45, 2.75) is 13.0 Å². The SMILES string of the molecule is C[C@@H]1CNCCN1c1ccc(Br)cc1.Cl.Cl. The van der Waals surface area contributed by atoms with Crippen molar-refractivity contribution in [2.75, 3.05) is 24.5 Å². The average Bonchev–Trinajstić information content (AvgIpc) is 2.20. The summed E-state index contributed by atoms with van der Waals surface area (Å²) in [6, 6.07) is 9.14. The molecule has 0 spiro atoms. The highest BCUT2D eigenvalue weighted by Crippen LogP contribution is 2.20. The van der Waals surface area contributed by atoms with Crippen LogP contribution in [0.15, 0.2) is 28.7 Å². The van der Waals surface area contributed by atoms with Crippen molar-refractivity contribution in [1.29, 1.82) is 0 Å². The lowest BCUT2D eigenvalue weighted by Crippen LogP contribution is -2.49. The highest BCUT2D eigenvalue weighted by molar-refractivity contribution is 9.10. The molecule has 0 unspecified atom stereocenters. The maximum absolute atomic E-state index is 3.45. The predicted molar refractivity (Wildman–Crippen MR) is 78.3 cm³/mol. The fraction of sp³-hybridized carbons (Fsp3) is 0.455. The van der Waals surface area contributed by atoms with Crippen LogP contribution in [0.4, 0.5) is 5.69 Å². The molecular weight excluding hydrogens is 311 g/mol. The molecule has 1 N–H and O–H groups in total. The van der Waals surface area contributed by atoms with Gasteiger partial charge in [0.05, 0.1) is 0 Å². The maximum Gasteiger partial charge on any atom is 0.0386 e. The Balaban J connectivity index is 0.00000112. The molecule has 1 aliphatic rings. The second-order valence-corrected chi connectivity index (χ2v) is 4.64. The molecule has 0 aliphatic carbocycles. The van der Waals surface area contributed by atoms with E-state index in [0.717, 1.165) is 24.1 Å². The molecule has 1 atom stereocenters. The smallest absolute Gasteiger partial charge is 0.0386 e. The van der Waals surface area contributed by atoms with Crippen LogP contribution in [0.2, 0.25) is 0 Å². The van der Waals surface area contributed by atoms with E-state index in [1.807, 2.05) is 0 Å². The van der Waals surface area contributed by atoms with Crippen LogP contribution in [-0.4, -0.2) is 25.7 Å². The monoisotopic (exact) mass is 326 g/mol. The molecule has 1 fully saturated rings. The van der Waals surface area contributed by atoms with E-state index in [1.165, 1.54) is 5.69 Å². The molecule has 92 valence electrons. The summed E-state index contributed by atoms with van der Waals surface area (Å²) < 4.78 is 1.14. The Bertz CT molecular complexity index is 305. The third kappa shape index (κ3) is 3.81. The van der Waals surface area contributed by atoms with Gasteiger partial charge >= 0.3 is 0 Å². The van der Waals surface area contributed by atoms with Gasteiger partial charge in [-0.25, -0.2) is 0 Å². The van der Waals surface area contributed by atoms with Crippen LogP contribution in [0.1, 0.15) is 6.92 Å². The molecule has 0 bridgehead atoms. The van der Waals surface area contributed by atoms with Gasteiger partial charge in [-0.05, 0) is 31.2 Å². The summed E-state index contributed by atoms with van der Waals surface area (Å²) in [5.74, 6) is 0. The number of rotatable bonds is 1. The summed E-state index contributed by atoms with van der Waals surface area (Å²) in [5, 5.41) is 3.39. The number of halogens is 3. The second kappa shape index (κ2) is 7.38. The van der Waals surface area contributed by atoms with Crippen molar-refractivity contribution in [3.05, 3.63) is 28.7 Å². The van der Waals surface area contributed by atoms with E-state index >= 15 is 0 Å². The van der Waals surface area contributed by atoms with Gasteiger partial charge in [-0.15, -0.1) is 24.8 Å². The Kier molecular flexibility index (Phi) is 7.40. The van der Waals surface area contributed by atoms with Crippen molar-refractivity contribution < 1.29 is 0 Å². The fourth-order valence-electron chi connectivity index (χ4n) is 1.86. The second-order valence-electron chi connectivity index (χ2n) is 3.72. The molecule has 2 rings (SSSR count). The number of piperazine rings is 1. The number of hydrogen-bond acceptors (Lipinski definition) is 2. The third-order valence-corrected chi connectivity index (χ3v) is 3.19. The van der Waals surface area contributed by atoms with Crippen molar-refractivity contribution in [1.82, 2.24) is 5.32 Å². The lowest BCUT2D eigenvalue weighted by molar-refractivity contribution is 0.501. The normalized spacial score (nSPS) is 19.6. The zero-order valence-corrected chi connectivity index (χ0v) is 12.4. The highest BCUT2D eigenvalue weighted by Gasteiger charge is 2.17. The van der Waals surface area contributed by atoms with E-state index in [9.17, 15) is 0 Å². The largest absolute Gasteiger partial charge is 0.366 e. The highest BCUT2D eigenvalue weighted by atomic mass is 79.9. The number of nitrogens with zero attached hydrogens (tertiary/aromatic N) is 1. The van der Waals surface area contributed by atoms with E-state index in [-0.39, 0.29) is 24.8 Å². The number of benzene rings is 1. The van der Waals surface area contributed by atoms with Gasteiger partial charge in [0.1, 0.15) is 0 Å². The van der Waals surface area contributed by atoms with E-state index in [0.29, 0.717) is 6.04 Å². The van der Waals surface area contributed by atoms with Crippen LogP contribution in [0, 0.1) is 0 Å². The Labute approximate surface area is 118 Å². The van der Waals surface area contributed by atoms with E-state index < -0.39 is 0 Å². The summed E-state index contributed by atoms with van der Waals surface area (Å²) in [5.41, 5.74) is 1.32. The fourth-order valence-corrected chi connectivity index (χ4v) is 2.12. The van der Waals surface area contributed by atoms with Crippen molar-refractivity contribution in [2.24, 2.45) is 0 Å². The van der Waals surface area contributed by atoms with E-state index in [4.69, 9.17) is 0 Å². The Morgan fingerprint density at radius 3 is 2.44 bits per heavy atom. The van der Waals surface area contributed by atoms with Gasteiger partial charge in [-0.1, -0.05) is 15.9 Å². The lowest BCUT2D eigenvalue weighted by atomic mass is 10.2. The average molecular weight is 328 g/mol. The molecule has 5 heteroatoms. The molecule has 1 saturated heterocycles. The molecule has 0 radical (unpaired) electrons. The van der Waals surface area contributed by atoms with Crippen LogP contribution >= 0.6 is 40.7 Å². The van der Waals surface area contributed by atoms with Crippen LogP contribution in [0.5, 0.6) is 0 Å². The van der Waals surface area contributed by atoms with Crippen molar-refractivity contribution in [3.63, 3.8) is 0 Å². The zero-order chi connectivity index (χ0) is 9.97. The van der Waals surface area contributed by atoms with Gasteiger partial charge < -0.3 is 10.2 Å². The summed E-state index contributed by atoms with van der Waals surface area (Å²) >= 11 is 3.45. The minimum atomic E-state index is 0. The molecule has 16 heavy (non-hydrogen) atoms. The number of hydrogen-bond donors (Lipinski definition) is 1. The Morgan fingerprint density at radius 1 is 1.25 bits per heavy atom. The van der Waals surface area contributed by atoms with E-state index in [2.05, 4.69) is 57.3 Å². The zero-order valence-electron chi connectivity index (χ0n) is 9.15. The Morgan fingerprint density at radius 2 is 1.88 bits per heavy atom. The molecule has 1 heterocycles. The van der Waals surface area contributed by atoms with Crippen molar-refractivity contribution >= 4 is 46.4 Å². The first-order valence-electron chi connectivity index (χ1n) is 5.00. The van der Waals surface area contributed by atoms with Gasteiger partial charge in [0.15, 0.2) is 0 Å². The Hall–Kier alpha value is 0.0400. The van der Waals surface area contributed by atoms with Gasteiger partial charge in [-0.2, -0.15) is 0 Å². The molecule has 0 saturated carbocycles. The molecule has 0 aromatic heterocycles. The topological polar surface area (TPSA) is 15.3 Å². The van der Waals surface area contributed by atoms with Gasteiger partial charge in [-0.3, -0.25) is 0 Å². The van der Waals surface area contributed by atoms with Crippen LogP contribution < -0.4 is 10.2 Å². The van der Waals surface area contributed by atoms with Gasteiger partial charge in [0.25, 0.3) is 0 Å². The first-order valence-corrected chi connectivity index (χ1v) is 5.79. The van der Waals surface area contributed by atoms with Gasteiger partial charge in [0, 0.05) is 35.8 Å². The minimum absolute atomic E-state index is 0. The summed E-state index contributed by atoms with van der Waals surface area (Å²) in [7, 11) is 0. The molecule has 1 aliphatic heterocycles. The van der Waals surface area contributed by atoms with Crippen molar-refractivity contribution in [3.8, 4) is 0 Å².